The van der Waals surface area contributed by atoms with Crippen molar-refractivity contribution in [2.24, 2.45) is 5.73 Å². The van der Waals surface area contributed by atoms with Crippen molar-refractivity contribution < 1.29 is 19.0 Å². The Labute approximate surface area is 129 Å². The van der Waals surface area contributed by atoms with Crippen molar-refractivity contribution in [3.63, 3.8) is 0 Å². The Morgan fingerprint density at radius 3 is 2.18 bits per heavy atom. The molecule has 0 fully saturated rings. The second-order valence-electron chi connectivity index (χ2n) is 4.66. The molecule has 0 aliphatic carbocycles. The maximum atomic E-state index is 10.6. The number of primary amides is 1. The molecule has 2 rings (SSSR count). The van der Waals surface area contributed by atoms with Crippen LogP contribution in [-0.2, 0) is 4.74 Å². The van der Waals surface area contributed by atoms with Gasteiger partial charge >= 0.3 is 6.09 Å². The van der Waals surface area contributed by atoms with Crippen molar-refractivity contribution in [1.29, 1.82) is 0 Å². The lowest BCUT2D eigenvalue weighted by Gasteiger charge is -2.17. The fourth-order valence-electron chi connectivity index (χ4n) is 1.81. The molecule has 2 aromatic rings. The molecular formula is C17H19NO4. The molecule has 1 unspecified atom stereocenters. The van der Waals surface area contributed by atoms with Crippen LogP contribution >= 0.6 is 0 Å². The van der Waals surface area contributed by atoms with E-state index < -0.39 is 6.09 Å². The summed E-state index contributed by atoms with van der Waals surface area (Å²) in [5.41, 5.74) is 4.95. The Morgan fingerprint density at radius 1 is 1.00 bits per heavy atom. The lowest BCUT2D eigenvalue weighted by atomic mass is 10.2. The van der Waals surface area contributed by atoms with Crippen LogP contribution in [0.1, 0.15) is 13.3 Å². The van der Waals surface area contributed by atoms with Crippen LogP contribution in [-0.4, -0.2) is 18.8 Å². The number of rotatable bonds is 7. The molecule has 0 aliphatic heterocycles. The molecule has 0 bridgehead atoms. The highest BCUT2D eigenvalue weighted by Crippen LogP contribution is 2.24. The summed E-state index contributed by atoms with van der Waals surface area (Å²) in [5.74, 6) is 2.18. The predicted octanol–water partition coefficient (Wildman–Crippen LogP) is 3.73. The summed E-state index contributed by atoms with van der Waals surface area (Å²) >= 11 is 0. The highest BCUT2D eigenvalue weighted by molar-refractivity contribution is 5.64. The summed E-state index contributed by atoms with van der Waals surface area (Å²) in [7, 11) is 0. The van der Waals surface area contributed by atoms with Gasteiger partial charge in [0.2, 0.25) is 0 Å². The minimum Gasteiger partial charge on any atom is -0.487 e. The summed E-state index contributed by atoms with van der Waals surface area (Å²) in [6.45, 7) is 2.08. The van der Waals surface area contributed by atoms with Crippen molar-refractivity contribution in [3.8, 4) is 17.2 Å². The summed E-state index contributed by atoms with van der Waals surface area (Å²) < 4.78 is 16.2. The molecule has 0 saturated carbocycles. The van der Waals surface area contributed by atoms with Crippen LogP contribution in [0.5, 0.6) is 17.2 Å². The van der Waals surface area contributed by atoms with Gasteiger partial charge in [-0.15, -0.1) is 0 Å². The first-order chi connectivity index (χ1) is 10.7. The SMILES string of the molecule is CCC(COC(N)=O)Oc1ccc(Oc2ccccc2)cc1. The van der Waals surface area contributed by atoms with Crippen LogP contribution in [0, 0.1) is 0 Å². The largest absolute Gasteiger partial charge is 0.487 e. The lowest BCUT2D eigenvalue weighted by molar-refractivity contribution is 0.0853. The number of ether oxygens (including phenoxy) is 3. The molecule has 22 heavy (non-hydrogen) atoms. The molecule has 1 amide bonds. The van der Waals surface area contributed by atoms with Gasteiger partial charge in [-0.3, -0.25) is 0 Å². The normalized spacial score (nSPS) is 11.5. The Hall–Kier alpha value is -2.69. The molecule has 5 nitrogen and oxygen atoms in total. The van der Waals surface area contributed by atoms with Crippen LogP contribution in [0.25, 0.3) is 0 Å². The van der Waals surface area contributed by atoms with Crippen molar-refractivity contribution >= 4 is 6.09 Å². The van der Waals surface area contributed by atoms with Crippen LogP contribution in [0.4, 0.5) is 4.79 Å². The van der Waals surface area contributed by atoms with E-state index in [1.807, 2.05) is 61.5 Å². The first kappa shape index (κ1) is 15.7. The third-order valence-corrected chi connectivity index (χ3v) is 2.97. The van der Waals surface area contributed by atoms with E-state index in [0.29, 0.717) is 12.2 Å². The Balaban J connectivity index is 1.92. The summed E-state index contributed by atoms with van der Waals surface area (Å²) in [6.07, 6.45) is -0.322. The van der Waals surface area contributed by atoms with Crippen molar-refractivity contribution in [2.45, 2.75) is 19.4 Å². The van der Waals surface area contributed by atoms with Crippen molar-refractivity contribution in [1.82, 2.24) is 0 Å². The molecule has 0 aromatic heterocycles. The van der Waals surface area contributed by atoms with Gasteiger partial charge in [-0.1, -0.05) is 25.1 Å². The van der Waals surface area contributed by atoms with Crippen LogP contribution in [0.2, 0.25) is 0 Å². The van der Waals surface area contributed by atoms with Gasteiger partial charge in [0.05, 0.1) is 0 Å². The molecule has 0 aliphatic rings. The molecule has 2 N–H and O–H groups in total. The Bertz CT molecular complexity index is 583. The number of nitrogens with two attached hydrogens (primary N) is 1. The maximum absolute atomic E-state index is 10.6. The highest BCUT2D eigenvalue weighted by Gasteiger charge is 2.10. The lowest BCUT2D eigenvalue weighted by Crippen LogP contribution is -2.26. The standard InChI is InChI=1S/C17H19NO4/c1-2-13(12-20-17(18)19)21-15-8-10-16(11-9-15)22-14-6-4-3-5-7-14/h3-11,13H,2,12H2,1H3,(H2,18,19). The van der Waals surface area contributed by atoms with Gasteiger partial charge in [-0.2, -0.15) is 0 Å². The Morgan fingerprint density at radius 2 is 1.59 bits per heavy atom. The zero-order valence-electron chi connectivity index (χ0n) is 12.4. The number of amides is 1. The van der Waals surface area contributed by atoms with Gasteiger partial charge in [0.25, 0.3) is 0 Å². The van der Waals surface area contributed by atoms with Gasteiger partial charge in [-0.05, 0) is 42.8 Å². The molecule has 5 heteroatoms. The molecule has 0 saturated heterocycles. The van der Waals surface area contributed by atoms with E-state index in [4.69, 9.17) is 19.9 Å². The van der Waals surface area contributed by atoms with E-state index >= 15 is 0 Å². The van der Waals surface area contributed by atoms with Gasteiger partial charge in [0.15, 0.2) is 0 Å². The number of para-hydroxylation sites is 1. The fourth-order valence-corrected chi connectivity index (χ4v) is 1.81. The van der Waals surface area contributed by atoms with E-state index in [2.05, 4.69) is 0 Å². The summed E-state index contributed by atoms with van der Waals surface area (Å²) in [5, 5.41) is 0. The van der Waals surface area contributed by atoms with Crippen LogP contribution < -0.4 is 15.2 Å². The number of hydrogen-bond acceptors (Lipinski definition) is 4. The number of hydrogen-bond donors (Lipinski definition) is 1. The number of carbonyl (C=O) groups excluding carboxylic acids is 1. The average Bonchev–Trinajstić information content (AvgIpc) is 2.54. The molecule has 0 radical (unpaired) electrons. The summed E-state index contributed by atoms with van der Waals surface area (Å²) in [4.78, 5) is 10.6. The fraction of sp³-hybridized carbons (Fsp3) is 0.235. The van der Waals surface area contributed by atoms with Gasteiger partial charge < -0.3 is 19.9 Å². The first-order valence-corrected chi connectivity index (χ1v) is 7.09. The molecule has 0 spiro atoms. The smallest absolute Gasteiger partial charge is 0.404 e. The predicted molar refractivity (Wildman–Crippen MR) is 83.2 cm³/mol. The average molecular weight is 301 g/mol. The minimum absolute atomic E-state index is 0.133. The number of carbonyl (C=O) groups is 1. The van der Waals surface area contributed by atoms with Gasteiger partial charge in [0, 0.05) is 0 Å². The zero-order chi connectivity index (χ0) is 15.8. The second kappa shape index (κ2) is 7.93. The third kappa shape index (κ3) is 5.01. The molecular weight excluding hydrogens is 282 g/mol. The molecule has 116 valence electrons. The highest BCUT2D eigenvalue weighted by atomic mass is 16.6. The Kier molecular flexibility index (Phi) is 5.65. The monoisotopic (exact) mass is 301 g/mol. The first-order valence-electron chi connectivity index (χ1n) is 7.09. The van der Waals surface area contributed by atoms with Gasteiger partial charge in [-0.25, -0.2) is 4.79 Å². The van der Waals surface area contributed by atoms with E-state index in [1.54, 1.807) is 0 Å². The van der Waals surface area contributed by atoms with Crippen molar-refractivity contribution in [2.75, 3.05) is 6.61 Å². The van der Waals surface area contributed by atoms with E-state index in [9.17, 15) is 4.79 Å². The third-order valence-electron chi connectivity index (χ3n) is 2.97. The van der Waals surface area contributed by atoms with Gasteiger partial charge in [0.1, 0.15) is 30.0 Å². The van der Waals surface area contributed by atoms with E-state index in [0.717, 1.165) is 11.5 Å². The van der Waals surface area contributed by atoms with Crippen LogP contribution in [0.3, 0.4) is 0 Å². The van der Waals surface area contributed by atoms with Crippen LogP contribution in [0.15, 0.2) is 54.6 Å². The van der Waals surface area contributed by atoms with E-state index in [-0.39, 0.29) is 12.7 Å². The quantitative estimate of drug-likeness (QED) is 0.845. The summed E-state index contributed by atoms with van der Waals surface area (Å²) in [6, 6.07) is 16.8. The number of benzene rings is 2. The minimum atomic E-state index is -0.798. The van der Waals surface area contributed by atoms with Crippen molar-refractivity contribution in [3.05, 3.63) is 54.6 Å². The zero-order valence-corrected chi connectivity index (χ0v) is 12.4. The maximum Gasteiger partial charge on any atom is 0.404 e. The molecule has 0 heterocycles. The molecule has 1 atom stereocenters. The second-order valence-corrected chi connectivity index (χ2v) is 4.66. The topological polar surface area (TPSA) is 70.8 Å². The van der Waals surface area contributed by atoms with E-state index in [1.165, 1.54) is 0 Å². The molecule has 2 aromatic carbocycles.